The minimum absolute atomic E-state index is 0.224. The molecule has 1 aromatic heterocycles. The lowest BCUT2D eigenvalue weighted by Crippen LogP contribution is -2.41. The normalized spacial score (nSPS) is 14.5. The van der Waals surface area contributed by atoms with Crippen LogP contribution in [0.5, 0.6) is 0 Å². The Labute approximate surface area is 121 Å². The van der Waals surface area contributed by atoms with Crippen molar-refractivity contribution in [2.45, 2.75) is 39.3 Å². The van der Waals surface area contributed by atoms with Crippen molar-refractivity contribution in [2.75, 3.05) is 6.54 Å². The molecule has 0 unspecified atom stereocenters. The first kappa shape index (κ1) is 15.1. The lowest BCUT2D eigenvalue weighted by Gasteiger charge is -2.31. The maximum absolute atomic E-state index is 12.0. The molecule has 1 aromatic rings. The average Bonchev–Trinajstić information content (AvgIpc) is 2.35. The van der Waals surface area contributed by atoms with Crippen molar-refractivity contribution in [1.82, 2.24) is 9.88 Å². The van der Waals surface area contributed by atoms with Crippen LogP contribution in [0.15, 0.2) is 10.9 Å². The minimum atomic E-state index is -1.28. The molecule has 2 rings (SSSR count). The highest BCUT2D eigenvalue weighted by molar-refractivity contribution is 5.87. The number of carboxylic acid groups (broad SMARTS) is 1. The first-order valence-corrected chi connectivity index (χ1v) is 6.63. The Morgan fingerprint density at radius 2 is 2.05 bits per heavy atom. The summed E-state index contributed by atoms with van der Waals surface area (Å²) < 4.78 is 5.29. The van der Waals surface area contributed by atoms with Crippen LogP contribution in [0.4, 0.5) is 4.79 Å². The molecule has 1 amide bonds. The number of hydrogen-bond donors (Lipinski definition) is 2. The van der Waals surface area contributed by atoms with Crippen molar-refractivity contribution in [2.24, 2.45) is 0 Å². The summed E-state index contributed by atoms with van der Waals surface area (Å²) in [5.41, 5.74) is -0.227. The Morgan fingerprint density at radius 1 is 1.38 bits per heavy atom. The van der Waals surface area contributed by atoms with Crippen LogP contribution < -0.4 is 5.56 Å². The van der Waals surface area contributed by atoms with Crippen molar-refractivity contribution >= 4 is 12.1 Å². The summed E-state index contributed by atoms with van der Waals surface area (Å²) in [7, 11) is 0. The monoisotopic (exact) mass is 294 g/mol. The van der Waals surface area contributed by atoms with Gasteiger partial charge in [-0.3, -0.25) is 4.79 Å². The molecule has 7 heteroatoms. The first-order valence-electron chi connectivity index (χ1n) is 6.63. The lowest BCUT2D eigenvalue weighted by molar-refractivity contribution is 0.0222. The van der Waals surface area contributed by atoms with Crippen LogP contribution in [0.2, 0.25) is 0 Å². The van der Waals surface area contributed by atoms with E-state index in [1.165, 1.54) is 11.0 Å². The van der Waals surface area contributed by atoms with Crippen molar-refractivity contribution < 1.29 is 19.4 Å². The second-order valence-electron chi connectivity index (χ2n) is 5.97. The highest BCUT2D eigenvalue weighted by Crippen LogP contribution is 2.19. The van der Waals surface area contributed by atoms with Crippen molar-refractivity contribution in [3.8, 4) is 0 Å². The van der Waals surface area contributed by atoms with E-state index in [2.05, 4.69) is 4.98 Å². The maximum atomic E-state index is 12.0. The van der Waals surface area contributed by atoms with E-state index in [1.54, 1.807) is 20.8 Å². The van der Waals surface area contributed by atoms with E-state index in [4.69, 9.17) is 9.84 Å². The molecule has 0 spiro atoms. The van der Waals surface area contributed by atoms with Crippen molar-refractivity contribution in [1.29, 1.82) is 0 Å². The van der Waals surface area contributed by atoms with Crippen molar-refractivity contribution in [3.05, 3.63) is 33.2 Å². The molecule has 0 bridgehead atoms. The number of nitrogens with zero attached hydrogens (tertiary/aromatic N) is 1. The number of aromatic amines is 1. The van der Waals surface area contributed by atoms with E-state index >= 15 is 0 Å². The molecule has 21 heavy (non-hydrogen) atoms. The van der Waals surface area contributed by atoms with Gasteiger partial charge in [0.05, 0.1) is 6.54 Å². The number of pyridine rings is 1. The molecule has 0 aliphatic carbocycles. The van der Waals surface area contributed by atoms with Crippen LogP contribution in [0.25, 0.3) is 0 Å². The minimum Gasteiger partial charge on any atom is -0.477 e. The zero-order valence-electron chi connectivity index (χ0n) is 12.2. The highest BCUT2D eigenvalue weighted by Gasteiger charge is 2.27. The third-order valence-electron chi connectivity index (χ3n) is 3.09. The van der Waals surface area contributed by atoms with Gasteiger partial charge in [0, 0.05) is 18.7 Å². The average molecular weight is 294 g/mol. The number of nitrogens with one attached hydrogen (secondary N) is 1. The van der Waals surface area contributed by atoms with Crippen LogP contribution in [0.1, 0.15) is 42.4 Å². The molecule has 0 aromatic carbocycles. The summed E-state index contributed by atoms with van der Waals surface area (Å²) in [6.07, 6.45) is 0.0141. The number of H-pyrrole nitrogens is 1. The third kappa shape index (κ3) is 3.42. The Kier molecular flexibility index (Phi) is 3.76. The molecule has 114 valence electrons. The number of carbonyl (C=O) groups is 2. The van der Waals surface area contributed by atoms with E-state index in [1.807, 2.05) is 0 Å². The van der Waals surface area contributed by atoms with Gasteiger partial charge in [-0.15, -0.1) is 0 Å². The standard InChI is InChI=1S/C14H18N2O5/c1-14(2,3)21-13(20)16-5-4-10-8(7-16)6-9(12(18)19)11(17)15-10/h6H,4-5,7H2,1-3H3,(H,15,17)(H,18,19). The fourth-order valence-electron chi connectivity index (χ4n) is 2.15. The first-order chi connectivity index (χ1) is 9.67. The fourth-order valence-corrected chi connectivity index (χ4v) is 2.15. The molecule has 1 aliphatic heterocycles. The van der Waals surface area contributed by atoms with Crippen LogP contribution >= 0.6 is 0 Å². The molecule has 0 fully saturated rings. The van der Waals surface area contributed by atoms with E-state index in [0.717, 1.165) is 0 Å². The van der Waals surface area contributed by atoms with Gasteiger partial charge in [-0.1, -0.05) is 0 Å². The fraction of sp³-hybridized carbons (Fsp3) is 0.500. The SMILES string of the molecule is CC(C)(C)OC(=O)N1CCc2[nH]c(=O)c(C(=O)O)cc2C1. The number of aromatic nitrogens is 1. The molecule has 0 radical (unpaired) electrons. The van der Waals surface area contributed by atoms with Gasteiger partial charge in [0.1, 0.15) is 11.2 Å². The molecule has 0 atom stereocenters. The summed E-state index contributed by atoms with van der Waals surface area (Å²) in [5, 5.41) is 8.97. The Hall–Kier alpha value is -2.31. The van der Waals surface area contributed by atoms with Gasteiger partial charge >= 0.3 is 12.1 Å². The van der Waals surface area contributed by atoms with E-state index in [-0.39, 0.29) is 12.1 Å². The lowest BCUT2D eigenvalue weighted by atomic mass is 10.0. The molecule has 2 heterocycles. The number of ether oxygens (including phenoxy) is 1. The van der Waals surface area contributed by atoms with Gasteiger partial charge in [0.15, 0.2) is 0 Å². The molecule has 0 saturated carbocycles. The number of hydrogen-bond acceptors (Lipinski definition) is 4. The number of aromatic carboxylic acids is 1. The Morgan fingerprint density at radius 3 is 2.62 bits per heavy atom. The van der Waals surface area contributed by atoms with E-state index in [0.29, 0.717) is 24.2 Å². The number of amides is 1. The summed E-state index contributed by atoms with van der Waals surface area (Å²) in [5.74, 6) is -1.28. The van der Waals surface area contributed by atoms with Crippen LogP contribution in [-0.4, -0.2) is 39.2 Å². The van der Waals surface area contributed by atoms with Gasteiger partial charge in [-0.2, -0.15) is 0 Å². The largest absolute Gasteiger partial charge is 0.477 e. The van der Waals surface area contributed by atoms with Gasteiger partial charge in [-0.25, -0.2) is 9.59 Å². The van der Waals surface area contributed by atoms with Crippen LogP contribution in [0, 0.1) is 0 Å². The molecular weight excluding hydrogens is 276 g/mol. The maximum Gasteiger partial charge on any atom is 0.410 e. The second-order valence-corrected chi connectivity index (χ2v) is 5.97. The van der Waals surface area contributed by atoms with Gasteiger partial charge in [0.2, 0.25) is 0 Å². The summed E-state index contributed by atoms with van der Waals surface area (Å²) >= 11 is 0. The van der Waals surface area contributed by atoms with Crippen LogP contribution in [-0.2, 0) is 17.7 Å². The topological polar surface area (TPSA) is 99.7 Å². The zero-order valence-corrected chi connectivity index (χ0v) is 12.2. The van der Waals surface area contributed by atoms with Gasteiger partial charge in [-0.05, 0) is 32.4 Å². The number of carboxylic acids is 1. The number of fused-ring (bicyclic) bond motifs is 1. The van der Waals surface area contributed by atoms with Crippen LogP contribution in [0.3, 0.4) is 0 Å². The Balaban J connectivity index is 2.24. The zero-order chi connectivity index (χ0) is 15.8. The van der Waals surface area contributed by atoms with Crippen molar-refractivity contribution in [3.63, 3.8) is 0 Å². The molecule has 7 nitrogen and oxygen atoms in total. The third-order valence-corrected chi connectivity index (χ3v) is 3.09. The predicted octanol–water partition coefficient (Wildman–Crippen LogP) is 1.37. The second kappa shape index (κ2) is 5.23. The molecule has 0 saturated heterocycles. The van der Waals surface area contributed by atoms with Gasteiger partial charge in [0.25, 0.3) is 5.56 Å². The predicted molar refractivity (Wildman–Crippen MR) is 74.4 cm³/mol. The molecular formula is C14H18N2O5. The summed E-state index contributed by atoms with van der Waals surface area (Å²) in [6, 6.07) is 1.33. The van der Waals surface area contributed by atoms with E-state index < -0.39 is 23.2 Å². The molecule has 1 aliphatic rings. The smallest absolute Gasteiger partial charge is 0.410 e. The van der Waals surface area contributed by atoms with E-state index in [9.17, 15) is 14.4 Å². The summed E-state index contributed by atoms with van der Waals surface area (Å²) in [6.45, 7) is 5.99. The van der Waals surface area contributed by atoms with Gasteiger partial charge < -0.3 is 19.7 Å². The summed E-state index contributed by atoms with van der Waals surface area (Å²) in [4.78, 5) is 38.7. The number of carbonyl (C=O) groups excluding carboxylic acids is 1. The quantitative estimate of drug-likeness (QED) is 0.814. The Bertz CT molecular complexity index is 642. The molecule has 2 N–H and O–H groups in total. The highest BCUT2D eigenvalue weighted by atomic mass is 16.6. The number of rotatable bonds is 1.